The molecule has 14 heteroatoms. The molecule has 0 saturated carbocycles. The number of H-pyrrole nitrogens is 1. The van der Waals surface area contributed by atoms with E-state index in [-0.39, 0.29) is 23.8 Å². The molecule has 4 aromatic heterocycles. The lowest BCUT2D eigenvalue weighted by atomic mass is 9.99. The molecule has 1 aliphatic rings. The van der Waals surface area contributed by atoms with E-state index < -0.39 is 31.1 Å². The van der Waals surface area contributed by atoms with Crippen LogP contribution in [-0.4, -0.2) is 54.4 Å². The highest BCUT2D eigenvalue weighted by molar-refractivity contribution is 7.18. The summed E-state index contributed by atoms with van der Waals surface area (Å²) in [7, 11) is 0. The first kappa shape index (κ1) is 28.0. The van der Waals surface area contributed by atoms with Crippen LogP contribution >= 0.6 is 11.3 Å². The molecular formula is C28H25F5N8S. The largest absolute Gasteiger partial charge is 0.393 e. The van der Waals surface area contributed by atoms with E-state index in [0.29, 0.717) is 28.9 Å². The number of nitrogens with zero attached hydrogens (tertiary/aromatic N) is 6. The zero-order valence-electron chi connectivity index (χ0n) is 22.3. The summed E-state index contributed by atoms with van der Waals surface area (Å²) in [6.07, 6.45) is -0.864. The van der Waals surface area contributed by atoms with Crippen LogP contribution in [0.5, 0.6) is 0 Å². The number of halogens is 5. The number of thiophene rings is 1. The van der Waals surface area contributed by atoms with Crippen molar-refractivity contribution in [2.45, 2.75) is 57.5 Å². The van der Waals surface area contributed by atoms with Crippen molar-refractivity contribution in [3.05, 3.63) is 70.2 Å². The number of hydrogen-bond donors (Lipinski definition) is 2. The summed E-state index contributed by atoms with van der Waals surface area (Å²) in [6, 6.07) is 5.32. The summed E-state index contributed by atoms with van der Waals surface area (Å²) in [4.78, 5) is 9.81. The predicted octanol–water partition coefficient (Wildman–Crippen LogP) is 6.37. The number of likely N-dealkylation sites (tertiary alicyclic amines) is 1. The standard InChI is InChI=1S/C28H25F5N8S/c1-16-18(2-3-24-22(16)6-20(10-34)41(24)13-17-11-37-38-12-17)14-40-5-4-19(8-28(40,32)33)39-25-23-7-21(9-27(29,30)31)42-26(23)36-15-35-25/h2-3,6-7,11-12,15,19H,4-5,8-9,13-14H2,1H3,(H,37,38)(H,35,36,39). The summed E-state index contributed by atoms with van der Waals surface area (Å²) in [6.45, 7) is 2.46. The van der Waals surface area contributed by atoms with Crippen molar-refractivity contribution in [1.29, 1.82) is 5.26 Å². The van der Waals surface area contributed by atoms with E-state index in [1.807, 2.05) is 23.6 Å². The number of hydrogen-bond acceptors (Lipinski definition) is 7. The van der Waals surface area contributed by atoms with Crippen LogP contribution in [-0.2, 0) is 19.5 Å². The van der Waals surface area contributed by atoms with Crippen LogP contribution in [0.3, 0.4) is 0 Å². The van der Waals surface area contributed by atoms with Crippen molar-refractivity contribution in [3.63, 3.8) is 0 Å². The minimum Gasteiger partial charge on any atom is -0.366 e. The van der Waals surface area contributed by atoms with Gasteiger partial charge in [0.25, 0.3) is 0 Å². The molecule has 0 bridgehead atoms. The van der Waals surface area contributed by atoms with Gasteiger partial charge in [0.2, 0.25) is 0 Å². The first-order valence-electron chi connectivity index (χ1n) is 13.2. The monoisotopic (exact) mass is 600 g/mol. The summed E-state index contributed by atoms with van der Waals surface area (Å²) < 4.78 is 71.4. The lowest BCUT2D eigenvalue weighted by molar-refractivity contribution is -0.174. The Kier molecular flexibility index (Phi) is 7.10. The third kappa shape index (κ3) is 5.54. The van der Waals surface area contributed by atoms with Crippen LogP contribution in [0.2, 0.25) is 0 Å². The number of nitriles is 1. The molecule has 1 aliphatic heterocycles. The van der Waals surface area contributed by atoms with Gasteiger partial charge in [-0.05, 0) is 42.7 Å². The molecule has 42 heavy (non-hydrogen) atoms. The molecule has 2 N–H and O–H groups in total. The molecule has 0 spiro atoms. The van der Waals surface area contributed by atoms with Gasteiger partial charge in [-0.15, -0.1) is 11.3 Å². The van der Waals surface area contributed by atoms with Crippen LogP contribution < -0.4 is 5.32 Å². The number of benzene rings is 1. The number of nitrogens with one attached hydrogen (secondary N) is 2. The van der Waals surface area contributed by atoms with Gasteiger partial charge >= 0.3 is 12.2 Å². The topological polar surface area (TPSA) is 98.5 Å². The Bertz CT molecular complexity index is 1780. The minimum atomic E-state index is -4.36. The highest BCUT2D eigenvalue weighted by atomic mass is 32.1. The molecule has 1 unspecified atom stereocenters. The maximum Gasteiger partial charge on any atom is 0.393 e. The van der Waals surface area contributed by atoms with E-state index in [9.17, 15) is 18.4 Å². The number of alkyl halides is 5. The zero-order valence-corrected chi connectivity index (χ0v) is 23.2. The number of aryl methyl sites for hydroxylation is 1. The SMILES string of the molecule is Cc1c(CN2CCC(Nc3ncnc4sc(CC(F)(F)F)cc34)CC2(F)F)ccc2c1cc(C#N)n2Cc1cn[nH]c1. The molecule has 0 amide bonds. The third-order valence-electron chi connectivity index (χ3n) is 7.64. The van der Waals surface area contributed by atoms with Gasteiger partial charge in [-0.25, -0.2) is 14.9 Å². The highest BCUT2D eigenvalue weighted by Crippen LogP contribution is 2.37. The number of anilines is 1. The number of fused-ring (bicyclic) bond motifs is 2. The van der Waals surface area contributed by atoms with Gasteiger partial charge in [0, 0.05) is 53.1 Å². The predicted molar refractivity (Wildman–Crippen MR) is 148 cm³/mol. The maximum atomic E-state index is 15.5. The van der Waals surface area contributed by atoms with E-state index in [0.717, 1.165) is 43.8 Å². The summed E-state index contributed by atoms with van der Waals surface area (Å²) in [5, 5.41) is 20.7. The average Bonchev–Trinajstić information content (AvgIpc) is 3.65. The van der Waals surface area contributed by atoms with Crippen molar-refractivity contribution >= 4 is 38.3 Å². The summed E-state index contributed by atoms with van der Waals surface area (Å²) in [5.41, 5.74) is 3.79. The molecule has 5 heterocycles. The average molecular weight is 601 g/mol. The molecule has 0 aliphatic carbocycles. The van der Waals surface area contributed by atoms with E-state index in [4.69, 9.17) is 0 Å². The Morgan fingerprint density at radius 3 is 2.74 bits per heavy atom. The van der Waals surface area contributed by atoms with Crippen LogP contribution in [0.15, 0.2) is 43.0 Å². The normalized spacial score (nSPS) is 17.6. The molecule has 8 nitrogen and oxygen atoms in total. The Morgan fingerprint density at radius 1 is 1.19 bits per heavy atom. The first-order chi connectivity index (χ1) is 20.0. The van der Waals surface area contributed by atoms with Crippen molar-refractivity contribution in [2.24, 2.45) is 0 Å². The zero-order chi connectivity index (χ0) is 29.6. The summed E-state index contributed by atoms with van der Waals surface area (Å²) >= 11 is 0.917. The van der Waals surface area contributed by atoms with Crippen LogP contribution in [0.4, 0.5) is 27.8 Å². The second-order valence-corrected chi connectivity index (χ2v) is 11.6. The molecule has 1 saturated heterocycles. The van der Waals surface area contributed by atoms with Gasteiger partial charge < -0.3 is 9.88 Å². The van der Waals surface area contributed by atoms with Gasteiger partial charge in [-0.3, -0.25) is 5.10 Å². The van der Waals surface area contributed by atoms with Crippen molar-refractivity contribution < 1.29 is 22.0 Å². The molecule has 0 radical (unpaired) electrons. The molecular weight excluding hydrogens is 575 g/mol. The Hall–Kier alpha value is -4.09. The fourth-order valence-electron chi connectivity index (χ4n) is 5.53. The quantitative estimate of drug-likeness (QED) is 0.166. The van der Waals surface area contributed by atoms with Gasteiger partial charge in [-0.1, -0.05) is 6.07 Å². The molecule has 5 aromatic rings. The van der Waals surface area contributed by atoms with E-state index in [1.165, 1.54) is 12.4 Å². The number of rotatable bonds is 7. The Balaban J connectivity index is 1.18. The Morgan fingerprint density at radius 2 is 2.02 bits per heavy atom. The molecule has 6 rings (SSSR count). The van der Waals surface area contributed by atoms with Crippen molar-refractivity contribution in [2.75, 3.05) is 11.9 Å². The van der Waals surface area contributed by atoms with E-state index >= 15 is 8.78 Å². The van der Waals surface area contributed by atoms with E-state index in [1.54, 1.807) is 18.5 Å². The molecule has 218 valence electrons. The minimum absolute atomic E-state index is 0.0272. The molecule has 1 aromatic carbocycles. The number of aromatic amines is 1. The molecule has 1 atom stereocenters. The number of piperidine rings is 1. The van der Waals surface area contributed by atoms with Crippen LogP contribution in [0.1, 0.15) is 40.1 Å². The second kappa shape index (κ2) is 10.6. The lowest BCUT2D eigenvalue weighted by Crippen LogP contribution is -2.50. The highest BCUT2D eigenvalue weighted by Gasteiger charge is 2.43. The van der Waals surface area contributed by atoms with Crippen molar-refractivity contribution in [1.82, 2.24) is 29.6 Å². The van der Waals surface area contributed by atoms with Gasteiger partial charge in [0.05, 0.1) is 24.5 Å². The van der Waals surface area contributed by atoms with Crippen LogP contribution in [0.25, 0.3) is 21.1 Å². The lowest BCUT2D eigenvalue weighted by Gasteiger charge is -2.39. The second-order valence-electron chi connectivity index (χ2n) is 10.5. The number of aromatic nitrogens is 5. The smallest absolute Gasteiger partial charge is 0.366 e. The Labute approximate surface area is 240 Å². The molecule has 1 fully saturated rings. The van der Waals surface area contributed by atoms with Gasteiger partial charge in [0.1, 0.15) is 28.7 Å². The first-order valence-corrected chi connectivity index (χ1v) is 14.0. The van der Waals surface area contributed by atoms with E-state index in [2.05, 4.69) is 31.6 Å². The van der Waals surface area contributed by atoms with Gasteiger partial charge in [0.15, 0.2) is 0 Å². The summed E-state index contributed by atoms with van der Waals surface area (Å²) in [5.74, 6) is 0.258. The van der Waals surface area contributed by atoms with Gasteiger partial charge in [-0.2, -0.15) is 32.3 Å². The fraction of sp³-hybridized carbons (Fsp3) is 0.357. The fourth-order valence-corrected chi connectivity index (χ4v) is 6.55. The van der Waals surface area contributed by atoms with Crippen LogP contribution in [0, 0.1) is 18.3 Å². The maximum absolute atomic E-state index is 15.5. The van der Waals surface area contributed by atoms with Crippen molar-refractivity contribution in [3.8, 4) is 6.07 Å². The third-order valence-corrected chi connectivity index (χ3v) is 8.68.